The molecule has 2 atom stereocenters. The molecular weight excluding hydrogens is 296 g/mol. The van der Waals surface area contributed by atoms with Crippen LogP contribution >= 0.6 is 15.9 Å². The number of hydrogen-bond acceptors (Lipinski definition) is 2. The minimum absolute atomic E-state index is 0.0135. The number of nitrogens with one attached hydrogen (secondary N) is 2. The van der Waals surface area contributed by atoms with Crippen molar-refractivity contribution in [2.24, 2.45) is 0 Å². The van der Waals surface area contributed by atoms with Crippen LogP contribution in [0.15, 0.2) is 28.7 Å². The Balaban J connectivity index is 1.84. The predicted octanol–water partition coefficient (Wildman–Crippen LogP) is 2.60. The van der Waals surface area contributed by atoms with Gasteiger partial charge in [-0.05, 0) is 31.0 Å². The second-order valence-electron chi connectivity index (χ2n) is 4.45. The summed E-state index contributed by atoms with van der Waals surface area (Å²) in [5.41, 5.74) is 1.08. The zero-order chi connectivity index (χ0) is 13.0. The van der Waals surface area contributed by atoms with Gasteiger partial charge in [0.05, 0.1) is 18.7 Å². The number of amides is 2. The number of halogens is 1. The minimum Gasteiger partial charge on any atom is -0.379 e. The number of benzene rings is 1. The molecule has 4 nitrogen and oxygen atoms in total. The summed E-state index contributed by atoms with van der Waals surface area (Å²) in [5, 5.41) is 5.83. The summed E-state index contributed by atoms with van der Waals surface area (Å²) in [5.74, 6) is 0. The maximum atomic E-state index is 11.8. The van der Waals surface area contributed by atoms with Crippen LogP contribution in [-0.4, -0.2) is 25.3 Å². The van der Waals surface area contributed by atoms with Crippen LogP contribution in [0, 0.1) is 0 Å². The van der Waals surface area contributed by atoms with E-state index in [4.69, 9.17) is 4.74 Å². The molecule has 2 N–H and O–H groups in total. The molecule has 0 aliphatic carbocycles. The van der Waals surface area contributed by atoms with Crippen molar-refractivity contribution in [3.8, 4) is 0 Å². The molecule has 1 aliphatic heterocycles. The fourth-order valence-corrected chi connectivity index (χ4v) is 2.17. The Morgan fingerprint density at radius 1 is 1.44 bits per heavy atom. The maximum Gasteiger partial charge on any atom is 0.315 e. The lowest BCUT2D eigenvalue weighted by Gasteiger charge is -2.17. The van der Waals surface area contributed by atoms with Crippen molar-refractivity contribution in [2.45, 2.75) is 25.4 Å². The Bertz CT molecular complexity index is 402. The second-order valence-corrected chi connectivity index (χ2v) is 5.37. The van der Waals surface area contributed by atoms with Crippen molar-refractivity contribution in [1.82, 2.24) is 10.6 Å². The highest BCUT2D eigenvalue weighted by Crippen LogP contribution is 2.16. The Kier molecular flexibility index (Phi) is 4.60. The molecule has 18 heavy (non-hydrogen) atoms. The quantitative estimate of drug-likeness (QED) is 0.901. The van der Waals surface area contributed by atoms with Gasteiger partial charge in [0.15, 0.2) is 0 Å². The summed E-state index contributed by atoms with van der Waals surface area (Å²) in [6.07, 6.45) is 0.889. The van der Waals surface area contributed by atoms with Crippen molar-refractivity contribution in [2.75, 3.05) is 13.2 Å². The molecule has 1 aromatic carbocycles. The van der Waals surface area contributed by atoms with Gasteiger partial charge in [-0.15, -0.1) is 0 Å². The third-order valence-electron chi connectivity index (χ3n) is 2.98. The van der Waals surface area contributed by atoms with Crippen molar-refractivity contribution < 1.29 is 9.53 Å². The topological polar surface area (TPSA) is 50.4 Å². The second kappa shape index (κ2) is 6.20. The smallest absolute Gasteiger partial charge is 0.315 e. The van der Waals surface area contributed by atoms with E-state index in [9.17, 15) is 4.79 Å². The molecule has 0 saturated carbocycles. The number of urea groups is 1. The van der Waals surface area contributed by atoms with E-state index >= 15 is 0 Å². The lowest BCUT2D eigenvalue weighted by atomic mass is 10.1. The first-order valence-electron chi connectivity index (χ1n) is 6.05. The van der Waals surface area contributed by atoms with Gasteiger partial charge in [-0.1, -0.05) is 28.1 Å². The summed E-state index contributed by atoms with van der Waals surface area (Å²) in [4.78, 5) is 11.8. The maximum absolute atomic E-state index is 11.8. The molecule has 0 radical (unpaired) electrons. The summed E-state index contributed by atoms with van der Waals surface area (Å²) in [6, 6.07) is 7.91. The minimum atomic E-state index is -0.138. The number of carbonyl (C=O) groups excluding carboxylic acids is 1. The Morgan fingerprint density at radius 3 is 2.78 bits per heavy atom. The number of carbonyl (C=O) groups is 1. The highest BCUT2D eigenvalue weighted by molar-refractivity contribution is 9.10. The number of ether oxygens (including phenoxy) is 1. The van der Waals surface area contributed by atoms with E-state index in [1.807, 2.05) is 31.2 Å². The average molecular weight is 313 g/mol. The Labute approximate surface area is 115 Å². The molecule has 5 heteroatoms. The SMILES string of the molecule is CC(NC(=O)NC1CCOC1)c1ccc(Br)cc1. The molecule has 0 spiro atoms. The molecule has 1 fully saturated rings. The molecule has 1 aromatic rings. The fraction of sp³-hybridized carbons (Fsp3) is 0.462. The van der Waals surface area contributed by atoms with Gasteiger partial charge in [0, 0.05) is 11.1 Å². The molecule has 1 heterocycles. The normalized spacial score (nSPS) is 20.4. The van der Waals surface area contributed by atoms with E-state index in [1.165, 1.54) is 0 Å². The molecule has 98 valence electrons. The van der Waals surface area contributed by atoms with Crippen LogP contribution in [0.1, 0.15) is 24.9 Å². The van der Waals surface area contributed by atoms with E-state index < -0.39 is 0 Å². The summed E-state index contributed by atoms with van der Waals surface area (Å²) in [7, 11) is 0. The van der Waals surface area contributed by atoms with Crippen LogP contribution in [0.25, 0.3) is 0 Å². The molecule has 2 rings (SSSR count). The summed E-state index contributed by atoms with van der Waals surface area (Å²) >= 11 is 3.39. The first-order chi connectivity index (χ1) is 8.65. The van der Waals surface area contributed by atoms with E-state index in [1.54, 1.807) is 0 Å². The number of hydrogen-bond donors (Lipinski definition) is 2. The molecule has 0 bridgehead atoms. The Morgan fingerprint density at radius 2 is 2.17 bits per heavy atom. The molecular formula is C13H17BrN2O2. The van der Waals surface area contributed by atoms with Gasteiger partial charge in [0.2, 0.25) is 0 Å². The molecule has 1 aliphatic rings. The van der Waals surface area contributed by atoms with E-state index in [-0.39, 0.29) is 18.1 Å². The van der Waals surface area contributed by atoms with Gasteiger partial charge in [-0.3, -0.25) is 0 Å². The molecule has 2 unspecified atom stereocenters. The first-order valence-corrected chi connectivity index (χ1v) is 6.84. The van der Waals surface area contributed by atoms with Gasteiger partial charge in [-0.2, -0.15) is 0 Å². The molecule has 2 amide bonds. The highest BCUT2D eigenvalue weighted by atomic mass is 79.9. The third kappa shape index (κ3) is 3.71. The van der Waals surface area contributed by atoms with Gasteiger partial charge in [-0.25, -0.2) is 4.79 Å². The average Bonchev–Trinajstić information content (AvgIpc) is 2.82. The fourth-order valence-electron chi connectivity index (χ4n) is 1.91. The summed E-state index contributed by atoms with van der Waals surface area (Å²) < 4.78 is 6.25. The van der Waals surface area contributed by atoms with Crippen molar-refractivity contribution in [3.05, 3.63) is 34.3 Å². The predicted molar refractivity (Wildman–Crippen MR) is 73.4 cm³/mol. The van der Waals surface area contributed by atoms with Gasteiger partial charge in [0.1, 0.15) is 0 Å². The van der Waals surface area contributed by atoms with Crippen LogP contribution in [0.3, 0.4) is 0 Å². The lowest BCUT2D eigenvalue weighted by Crippen LogP contribution is -2.43. The lowest BCUT2D eigenvalue weighted by molar-refractivity contribution is 0.188. The van der Waals surface area contributed by atoms with E-state index in [0.717, 1.165) is 23.1 Å². The van der Waals surface area contributed by atoms with E-state index in [2.05, 4.69) is 26.6 Å². The van der Waals surface area contributed by atoms with Crippen LogP contribution in [-0.2, 0) is 4.74 Å². The first kappa shape index (κ1) is 13.4. The van der Waals surface area contributed by atoms with Gasteiger partial charge >= 0.3 is 6.03 Å². The Hall–Kier alpha value is -1.07. The standard InChI is InChI=1S/C13H17BrN2O2/c1-9(10-2-4-11(14)5-3-10)15-13(17)16-12-6-7-18-8-12/h2-5,9,12H,6-8H2,1H3,(H2,15,16,17). The van der Waals surface area contributed by atoms with Gasteiger partial charge < -0.3 is 15.4 Å². The zero-order valence-electron chi connectivity index (χ0n) is 10.3. The molecule has 0 aromatic heterocycles. The van der Waals surface area contributed by atoms with E-state index in [0.29, 0.717) is 6.61 Å². The molecule has 1 saturated heterocycles. The monoisotopic (exact) mass is 312 g/mol. The van der Waals surface area contributed by atoms with Gasteiger partial charge in [0.25, 0.3) is 0 Å². The van der Waals surface area contributed by atoms with Crippen LogP contribution < -0.4 is 10.6 Å². The summed E-state index contributed by atoms with van der Waals surface area (Å²) in [6.45, 7) is 3.31. The van der Waals surface area contributed by atoms with Crippen molar-refractivity contribution in [1.29, 1.82) is 0 Å². The highest BCUT2D eigenvalue weighted by Gasteiger charge is 2.18. The van der Waals surface area contributed by atoms with Crippen molar-refractivity contribution >= 4 is 22.0 Å². The zero-order valence-corrected chi connectivity index (χ0v) is 11.9. The van der Waals surface area contributed by atoms with Crippen LogP contribution in [0.5, 0.6) is 0 Å². The largest absolute Gasteiger partial charge is 0.379 e. The van der Waals surface area contributed by atoms with Crippen LogP contribution in [0.4, 0.5) is 4.79 Å². The van der Waals surface area contributed by atoms with Crippen molar-refractivity contribution in [3.63, 3.8) is 0 Å². The third-order valence-corrected chi connectivity index (χ3v) is 3.51. The number of rotatable bonds is 3. The van der Waals surface area contributed by atoms with Crippen LogP contribution in [0.2, 0.25) is 0 Å².